The van der Waals surface area contributed by atoms with Gasteiger partial charge in [0.2, 0.25) is 0 Å². The van der Waals surface area contributed by atoms with Crippen LogP contribution in [0.4, 0.5) is 4.79 Å². The number of carbonyl (C=O) groups excluding carboxylic acids is 2. The summed E-state index contributed by atoms with van der Waals surface area (Å²) in [5.74, 6) is -0.252. The van der Waals surface area contributed by atoms with Gasteiger partial charge >= 0.3 is 12.1 Å². The van der Waals surface area contributed by atoms with Gasteiger partial charge in [-0.1, -0.05) is 0 Å². The summed E-state index contributed by atoms with van der Waals surface area (Å²) >= 11 is 0. The Labute approximate surface area is 114 Å². The van der Waals surface area contributed by atoms with Gasteiger partial charge in [-0.3, -0.25) is 4.79 Å². The molecule has 2 atom stereocenters. The number of esters is 1. The topological polar surface area (TPSA) is 76.7 Å². The third-order valence-electron chi connectivity index (χ3n) is 2.74. The van der Waals surface area contributed by atoms with Crippen LogP contribution in [-0.2, 0) is 14.3 Å². The van der Waals surface area contributed by atoms with Crippen molar-refractivity contribution in [3.63, 3.8) is 0 Å². The van der Waals surface area contributed by atoms with E-state index in [1.54, 1.807) is 6.92 Å². The molecule has 6 nitrogen and oxygen atoms in total. The van der Waals surface area contributed by atoms with E-state index in [4.69, 9.17) is 9.47 Å². The highest BCUT2D eigenvalue weighted by Gasteiger charge is 2.31. The van der Waals surface area contributed by atoms with Crippen molar-refractivity contribution in [1.29, 1.82) is 0 Å². The van der Waals surface area contributed by atoms with E-state index in [0.29, 0.717) is 6.61 Å². The Morgan fingerprint density at radius 2 is 2.05 bits per heavy atom. The fourth-order valence-corrected chi connectivity index (χ4v) is 2.01. The molecule has 0 spiro atoms. The van der Waals surface area contributed by atoms with Gasteiger partial charge in [-0.25, -0.2) is 4.79 Å². The highest BCUT2D eigenvalue weighted by Crippen LogP contribution is 2.13. The molecular weight excluding hydrogens is 248 g/mol. The molecule has 0 saturated carbocycles. The first-order valence-electron chi connectivity index (χ1n) is 6.70. The van der Waals surface area contributed by atoms with Crippen LogP contribution in [0.5, 0.6) is 0 Å². The van der Waals surface area contributed by atoms with Crippen molar-refractivity contribution < 1.29 is 19.1 Å². The Morgan fingerprint density at radius 1 is 1.37 bits per heavy atom. The third kappa shape index (κ3) is 5.92. The Balaban J connectivity index is 2.43. The first kappa shape index (κ1) is 15.8. The minimum atomic E-state index is -0.521. The first-order valence-corrected chi connectivity index (χ1v) is 6.70. The second-order valence-electron chi connectivity index (χ2n) is 5.61. The number of amides is 1. The Morgan fingerprint density at radius 3 is 2.63 bits per heavy atom. The lowest BCUT2D eigenvalue weighted by atomic mass is 10.1. The van der Waals surface area contributed by atoms with Crippen LogP contribution in [0.2, 0.25) is 0 Å². The zero-order chi connectivity index (χ0) is 14.5. The molecule has 0 aromatic carbocycles. The molecule has 110 valence electrons. The molecule has 0 unspecified atom stereocenters. The normalized spacial score (nSPS) is 22.9. The molecule has 1 fully saturated rings. The molecule has 1 rings (SSSR count). The summed E-state index contributed by atoms with van der Waals surface area (Å²) in [6, 6.07) is -0.189. The largest absolute Gasteiger partial charge is 0.466 e. The molecular formula is C13H24N2O4. The van der Waals surface area contributed by atoms with Crippen molar-refractivity contribution in [3.05, 3.63) is 0 Å². The van der Waals surface area contributed by atoms with Gasteiger partial charge in [-0.15, -0.1) is 0 Å². The third-order valence-corrected chi connectivity index (χ3v) is 2.74. The predicted molar refractivity (Wildman–Crippen MR) is 70.8 cm³/mol. The van der Waals surface area contributed by atoms with Gasteiger partial charge in [0, 0.05) is 12.1 Å². The molecule has 0 aromatic rings. The zero-order valence-electron chi connectivity index (χ0n) is 12.1. The van der Waals surface area contributed by atoms with Crippen LogP contribution in [0.15, 0.2) is 0 Å². The molecule has 6 heteroatoms. The molecule has 1 aliphatic rings. The van der Waals surface area contributed by atoms with Crippen LogP contribution in [0.25, 0.3) is 0 Å². The Kier molecular flexibility index (Phi) is 5.60. The maximum Gasteiger partial charge on any atom is 0.407 e. The predicted octanol–water partition coefficient (Wildman–Crippen LogP) is 1.19. The fourth-order valence-electron chi connectivity index (χ4n) is 2.01. The molecule has 0 aliphatic carbocycles. The maximum absolute atomic E-state index is 11.7. The second-order valence-corrected chi connectivity index (χ2v) is 5.61. The standard InChI is InChI=1S/C13H24N2O4/c1-5-18-11(16)8-10-9(6-7-14-10)15-12(17)19-13(2,3)4/h9-10,14H,5-8H2,1-4H3,(H,15,17)/t9-,10-/m0/s1. The van der Waals surface area contributed by atoms with E-state index < -0.39 is 11.7 Å². The average Bonchev–Trinajstić information content (AvgIpc) is 2.62. The van der Waals surface area contributed by atoms with Crippen molar-refractivity contribution in [2.24, 2.45) is 0 Å². The lowest BCUT2D eigenvalue weighted by molar-refractivity contribution is -0.143. The fraction of sp³-hybridized carbons (Fsp3) is 0.846. The average molecular weight is 272 g/mol. The van der Waals surface area contributed by atoms with Crippen molar-refractivity contribution in [2.75, 3.05) is 13.2 Å². The summed E-state index contributed by atoms with van der Waals surface area (Å²) < 4.78 is 10.1. The Bertz CT molecular complexity index is 325. The van der Waals surface area contributed by atoms with E-state index in [2.05, 4.69) is 10.6 Å². The SMILES string of the molecule is CCOC(=O)C[C@@H]1NCC[C@@H]1NC(=O)OC(C)(C)C. The van der Waals surface area contributed by atoms with Crippen LogP contribution in [0.3, 0.4) is 0 Å². The molecule has 1 heterocycles. The van der Waals surface area contributed by atoms with Crippen LogP contribution >= 0.6 is 0 Å². The monoisotopic (exact) mass is 272 g/mol. The zero-order valence-corrected chi connectivity index (χ0v) is 12.1. The van der Waals surface area contributed by atoms with E-state index in [1.807, 2.05) is 20.8 Å². The molecule has 0 bridgehead atoms. The number of ether oxygens (including phenoxy) is 2. The van der Waals surface area contributed by atoms with E-state index in [-0.39, 0.29) is 24.5 Å². The van der Waals surface area contributed by atoms with E-state index >= 15 is 0 Å². The number of rotatable bonds is 4. The molecule has 0 radical (unpaired) electrons. The number of carbonyl (C=O) groups is 2. The van der Waals surface area contributed by atoms with Crippen molar-refractivity contribution in [3.8, 4) is 0 Å². The van der Waals surface area contributed by atoms with Crippen molar-refractivity contribution in [2.45, 2.75) is 58.2 Å². The highest BCUT2D eigenvalue weighted by atomic mass is 16.6. The summed E-state index contributed by atoms with van der Waals surface area (Å²) in [6.07, 6.45) is 0.590. The Hall–Kier alpha value is -1.30. The van der Waals surface area contributed by atoms with E-state index in [1.165, 1.54) is 0 Å². The van der Waals surface area contributed by atoms with Gasteiger partial charge in [0.15, 0.2) is 0 Å². The highest BCUT2D eigenvalue weighted by molar-refractivity contribution is 5.71. The van der Waals surface area contributed by atoms with Gasteiger partial charge in [0.1, 0.15) is 5.60 Å². The quantitative estimate of drug-likeness (QED) is 0.752. The minimum Gasteiger partial charge on any atom is -0.466 e. The molecule has 2 N–H and O–H groups in total. The molecule has 1 saturated heterocycles. The van der Waals surface area contributed by atoms with Crippen LogP contribution in [0, 0.1) is 0 Å². The number of alkyl carbamates (subject to hydrolysis) is 1. The minimum absolute atomic E-state index is 0.0911. The first-order chi connectivity index (χ1) is 8.81. The smallest absolute Gasteiger partial charge is 0.407 e. The van der Waals surface area contributed by atoms with E-state index in [0.717, 1.165) is 13.0 Å². The lowest BCUT2D eigenvalue weighted by Gasteiger charge is -2.24. The molecule has 0 aromatic heterocycles. The van der Waals surface area contributed by atoms with Crippen molar-refractivity contribution in [1.82, 2.24) is 10.6 Å². The van der Waals surface area contributed by atoms with Gasteiger partial charge in [-0.05, 0) is 40.7 Å². The van der Waals surface area contributed by atoms with Crippen LogP contribution in [0.1, 0.15) is 40.5 Å². The van der Waals surface area contributed by atoms with Crippen molar-refractivity contribution >= 4 is 12.1 Å². The maximum atomic E-state index is 11.7. The van der Waals surface area contributed by atoms with Crippen LogP contribution < -0.4 is 10.6 Å². The van der Waals surface area contributed by atoms with Crippen LogP contribution in [-0.4, -0.2) is 42.9 Å². The van der Waals surface area contributed by atoms with Gasteiger partial charge in [0.05, 0.1) is 13.0 Å². The van der Waals surface area contributed by atoms with Gasteiger partial charge < -0.3 is 20.1 Å². The van der Waals surface area contributed by atoms with E-state index in [9.17, 15) is 9.59 Å². The number of hydrogen-bond acceptors (Lipinski definition) is 5. The number of nitrogens with one attached hydrogen (secondary N) is 2. The summed E-state index contributed by atoms with van der Waals surface area (Å²) in [5, 5.41) is 5.99. The lowest BCUT2D eigenvalue weighted by Crippen LogP contribution is -2.46. The van der Waals surface area contributed by atoms with Gasteiger partial charge in [-0.2, -0.15) is 0 Å². The molecule has 1 aliphatic heterocycles. The summed E-state index contributed by atoms with van der Waals surface area (Å²) in [5.41, 5.74) is -0.521. The molecule has 19 heavy (non-hydrogen) atoms. The number of hydrogen-bond donors (Lipinski definition) is 2. The summed E-state index contributed by atoms with van der Waals surface area (Å²) in [6.45, 7) is 8.36. The summed E-state index contributed by atoms with van der Waals surface area (Å²) in [4.78, 5) is 23.1. The van der Waals surface area contributed by atoms with Gasteiger partial charge in [0.25, 0.3) is 0 Å². The molecule has 1 amide bonds. The second kappa shape index (κ2) is 6.75. The summed E-state index contributed by atoms with van der Waals surface area (Å²) in [7, 11) is 0.